The largest absolute Gasteiger partial charge is 0.469 e. The second kappa shape index (κ2) is 7.04. The summed E-state index contributed by atoms with van der Waals surface area (Å²) in [4.78, 5) is 25.4. The molecule has 0 bridgehead atoms. The van der Waals surface area contributed by atoms with E-state index in [0.717, 1.165) is 34.3 Å². The van der Waals surface area contributed by atoms with Crippen LogP contribution in [0, 0.1) is 6.92 Å². The minimum Gasteiger partial charge on any atom is -0.469 e. The summed E-state index contributed by atoms with van der Waals surface area (Å²) in [7, 11) is 0. The zero-order valence-corrected chi connectivity index (χ0v) is 15.9. The van der Waals surface area contributed by atoms with E-state index in [9.17, 15) is 9.59 Å². The van der Waals surface area contributed by atoms with Gasteiger partial charge < -0.3 is 14.2 Å². The molecule has 3 aromatic heterocycles. The van der Waals surface area contributed by atoms with Gasteiger partial charge in [-0.3, -0.25) is 4.79 Å². The zero-order chi connectivity index (χ0) is 19.0. The Labute approximate surface area is 159 Å². The third-order valence-electron chi connectivity index (χ3n) is 4.54. The standard InChI is InChI=1S/C21H19NO4S/c1-12-5-8-17-15(10-12)19-16(21(24)26-17)11-18(27-19)20(23)22-13(2)6-7-14-4-3-9-25-14/h3-5,8-11,13H,6-7H2,1-2H3,(H,22,23)/t13-/m1/s1. The highest BCUT2D eigenvalue weighted by atomic mass is 32.1. The van der Waals surface area contributed by atoms with Crippen LogP contribution in [-0.2, 0) is 6.42 Å². The van der Waals surface area contributed by atoms with Crippen molar-refractivity contribution in [1.82, 2.24) is 5.32 Å². The number of hydrogen-bond donors (Lipinski definition) is 1. The van der Waals surface area contributed by atoms with Crippen molar-refractivity contribution in [2.75, 3.05) is 0 Å². The Morgan fingerprint density at radius 3 is 2.85 bits per heavy atom. The van der Waals surface area contributed by atoms with Gasteiger partial charge in [-0.25, -0.2) is 4.79 Å². The van der Waals surface area contributed by atoms with Gasteiger partial charge in [-0.15, -0.1) is 11.3 Å². The molecule has 1 aromatic carbocycles. The van der Waals surface area contributed by atoms with E-state index >= 15 is 0 Å². The van der Waals surface area contributed by atoms with Gasteiger partial charge in [0, 0.05) is 17.8 Å². The minimum atomic E-state index is -0.414. The molecule has 0 spiro atoms. The number of furan rings is 1. The summed E-state index contributed by atoms with van der Waals surface area (Å²) in [6.45, 7) is 3.94. The topological polar surface area (TPSA) is 72.5 Å². The third-order valence-corrected chi connectivity index (χ3v) is 5.71. The summed E-state index contributed by atoms with van der Waals surface area (Å²) < 4.78 is 11.5. The van der Waals surface area contributed by atoms with Crippen molar-refractivity contribution in [3.05, 3.63) is 69.3 Å². The summed E-state index contributed by atoms with van der Waals surface area (Å²) in [6, 6.07) is 11.1. The van der Waals surface area contributed by atoms with Crippen LogP contribution in [0.5, 0.6) is 0 Å². The van der Waals surface area contributed by atoms with E-state index in [0.29, 0.717) is 15.8 Å². The first kappa shape index (κ1) is 17.5. The van der Waals surface area contributed by atoms with Crippen LogP contribution in [0.3, 0.4) is 0 Å². The molecule has 1 amide bonds. The molecule has 4 aromatic rings. The van der Waals surface area contributed by atoms with Crippen molar-refractivity contribution in [2.24, 2.45) is 0 Å². The van der Waals surface area contributed by atoms with Crippen molar-refractivity contribution in [1.29, 1.82) is 0 Å². The number of hydrogen-bond acceptors (Lipinski definition) is 5. The number of fused-ring (bicyclic) bond motifs is 3. The number of carbonyl (C=O) groups is 1. The number of amides is 1. The molecule has 4 rings (SSSR count). The van der Waals surface area contributed by atoms with E-state index in [1.807, 2.05) is 38.1 Å². The number of benzene rings is 1. The molecule has 1 atom stereocenters. The van der Waals surface area contributed by atoms with Crippen LogP contribution in [0.4, 0.5) is 0 Å². The summed E-state index contributed by atoms with van der Waals surface area (Å²) in [5, 5.41) is 4.31. The molecule has 27 heavy (non-hydrogen) atoms. The van der Waals surface area contributed by atoms with Crippen LogP contribution >= 0.6 is 11.3 Å². The molecule has 0 aliphatic carbocycles. The molecule has 0 radical (unpaired) electrons. The van der Waals surface area contributed by atoms with Crippen LogP contribution in [0.15, 0.2) is 56.3 Å². The molecule has 0 saturated heterocycles. The second-order valence-electron chi connectivity index (χ2n) is 6.74. The van der Waals surface area contributed by atoms with Gasteiger partial charge in [0.2, 0.25) is 0 Å². The monoisotopic (exact) mass is 381 g/mol. The Morgan fingerprint density at radius 2 is 2.07 bits per heavy atom. The van der Waals surface area contributed by atoms with Crippen molar-refractivity contribution in [3.8, 4) is 0 Å². The average Bonchev–Trinajstić information content (AvgIpc) is 3.31. The van der Waals surface area contributed by atoms with Crippen LogP contribution in [0.1, 0.15) is 34.3 Å². The maximum Gasteiger partial charge on any atom is 0.345 e. The lowest BCUT2D eigenvalue weighted by Gasteiger charge is -2.12. The fraction of sp³-hybridized carbons (Fsp3) is 0.238. The minimum absolute atomic E-state index is 0.0109. The predicted octanol–water partition coefficient (Wildman–Crippen LogP) is 4.66. The Morgan fingerprint density at radius 1 is 1.22 bits per heavy atom. The van der Waals surface area contributed by atoms with Gasteiger partial charge in [0.1, 0.15) is 11.3 Å². The Bertz CT molecular complexity index is 1170. The molecular formula is C21H19NO4S. The first-order valence-corrected chi connectivity index (χ1v) is 9.63. The van der Waals surface area contributed by atoms with Gasteiger partial charge in [0.25, 0.3) is 5.91 Å². The fourth-order valence-electron chi connectivity index (χ4n) is 3.10. The van der Waals surface area contributed by atoms with Crippen LogP contribution in [-0.4, -0.2) is 11.9 Å². The predicted molar refractivity (Wildman–Crippen MR) is 107 cm³/mol. The Hall–Kier alpha value is -2.86. The van der Waals surface area contributed by atoms with Crippen LogP contribution < -0.4 is 10.9 Å². The highest BCUT2D eigenvalue weighted by molar-refractivity contribution is 7.21. The molecular weight excluding hydrogens is 362 g/mol. The SMILES string of the molecule is Cc1ccc2oc(=O)c3cc(C(=O)N[C@H](C)CCc4ccco4)sc3c2c1. The molecule has 0 aliphatic rings. The Balaban J connectivity index is 1.58. The summed E-state index contributed by atoms with van der Waals surface area (Å²) in [6.07, 6.45) is 3.18. The zero-order valence-electron chi connectivity index (χ0n) is 15.1. The van der Waals surface area contributed by atoms with Gasteiger partial charge in [-0.05, 0) is 50.6 Å². The molecule has 138 valence electrons. The molecule has 0 unspecified atom stereocenters. The van der Waals surface area contributed by atoms with Gasteiger partial charge in [-0.2, -0.15) is 0 Å². The smallest absolute Gasteiger partial charge is 0.345 e. The van der Waals surface area contributed by atoms with Crippen molar-refractivity contribution in [3.63, 3.8) is 0 Å². The normalized spacial score (nSPS) is 12.5. The van der Waals surface area contributed by atoms with E-state index < -0.39 is 5.63 Å². The van der Waals surface area contributed by atoms with E-state index in [1.54, 1.807) is 18.4 Å². The summed E-state index contributed by atoms with van der Waals surface area (Å²) in [5.74, 6) is 0.723. The second-order valence-corrected chi connectivity index (χ2v) is 7.79. The average molecular weight is 381 g/mol. The van der Waals surface area contributed by atoms with Crippen molar-refractivity contribution >= 4 is 38.3 Å². The van der Waals surface area contributed by atoms with E-state index in [4.69, 9.17) is 8.83 Å². The van der Waals surface area contributed by atoms with E-state index in [1.165, 1.54) is 11.3 Å². The van der Waals surface area contributed by atoms with E-state index in [2.05, 4.69) is 5.32 Å². The number of rotatable bonds is 5. The summed E-state index contributed by atoms with van der Waals surface area (Å²) in [5.41, 5.74) is 1.20. The van der Waals surface area contributed by atoms with Crippen LogP contribution in [0.25, 0.3) is 21.1 Å². The van der Waals surface area contributed by atoms with Gasteiger partial charge in [0.05, 0.1) is 21.2 Å². The van der Waals surface area contributed by atoms with Crippen molar-refractivity contribution < 1.29 is 13.6 Å². The molecule has 0 saturated carbocycles. The summed E-state index contributed by atoms with van der Waals surface area (Å²) >= 11 is 1.33. The first-order chi connectivity index (χ1) is 13.0. The lowest BCUT2D eigenvalue weighted by molar-refractivity contribution is 0.0942. The third kappa shape index (κ3) is 3.53. The Kier molecular flexibility index (Phi) is 4.58. The van der Waals surface area contributed by atoms with Gasteiger partial charge >= 0.3 is 5.63 Å². The first-order valence-electron chi connectivity index (χ1n) is 8.81. The number of aryl methyl sites for hydroxylation is 2. The molecule has 0 fully saturated rings. The number of nitrogens with one attached hydrogen (secondary N) is 1. The van der Waals surface area contributed by atoms with Gasteiger partial charge in [-0.1, -0.05) is 11.6 Å². The molecule has 6 heteroatoms. The highest BCUT2D eigenvalue weighted by Gasteiger charge is 2.17. The number of carbonyl (C=O) groups excluding carboxylic acids is 1. The van der Waals surface area contributed by atoms with Crippen molar-refractivity contribution in [2.45, 2.75) is 32.7 Å². The lowest BCUT2D eigenvalue weighted by Crippen LogP contribution is -2.32. The quantitative estimate of drug-likeness (QED) is 0.510. The van der Waals surface area contributed by atoms with Gasteiger partial charge in [0.15, 0.2) is 0 Å². The van der Waals surface area contributed by atoms with Crippen LogP contribution in [0.2, 0.25) is 0 Å². The number of thiophene rings is 1. The lowest BCUT2D eigenvalue weighted by atomic mass is 10.1. The maximum absolute atomic E-state index is 12.6. The maximum atomic E-state index is 12.6. The highest BCUT2D eigenvalue weighted by Crippen LogP contribution is 2.31. The molecule has 3 heterocycles. The van der Waals surface area contributed by atoms with E-state index in [-0.39, 0.29) is 11.9 Å². The fourth-order valence-corrected chi connectivity index (χ4v) is 4.17. The molecule has 5 nitrogen and oxygen atoms in total. The molecule has 1 N–H and O–H groups in total. The molecule has 0 aliphatic heterocycles.